The van der Waals surface area contributed by atoms with Gasteiger partial charge in [-0.25, -0.2) is 13.1 Å². The summed E-state index contributed by atoms with van der Waals surface area (Å²) in [7, 11) is -0.505. The van der Waals surface area contributed by atoms with E-state index in [4.69, 9.17) is 9.47 Å². The van der Waals surface area contributed by atoms with Gasteiger partial charge in [-0.05, 0) is 36.5 Å². The smallest absolute Gasteiger partial charge is 0.244 e. The van der Waals surface area contributed by atoms with Crippen molar-refractivity contribution in [2.24, 2.45) is 0 Å². The number of ether oxygens (including phenoxy) is 2. The van der Waals surface area contributed by atoms with Gasteiger partial charge in [0.2, 0.25) is 10.0 Å². The average Bonchev–Trinajstić information content (AvgIpc) is 2.54. The van der Waals surface area contributed by atoms with Crippen LogP contribution in [0.1, 0.15) is 12.8 Å². The molecule has 1 saturated heterocycles. The lowest BCUT2D eigenvalue weighted by Crippen LogP contribution is -2.46. The van der Waals surface area contributed by atoms with Gasteiger partial charge in [0.15, 0.2) is 0 Å². The van der Waals surface area contributed by atoms with Crippen molar-refractivity contribution >= 4 is 21.8 Å². The Morgan fingerprint density at radius 1 is 1.24 bits per heavy atom. The number of para-hydroxylation sites is 1. The van der Waals surface area contributed by atoms with Crippen molar-refractivity contribution in [2.45, 2.75) is 23.3 Å². The van der Waals surface area contributed by atoms with Gasteiger partial charge in [0, 0.05) is 13.7 Å². The van der Waals surface area contributed by atoms with Crippen LogP contribution in [0.3, 0.4) is 0 Å². The van der Waals surface area contributed by atoms with Crippen LogP contribution in [0.2, 0.25) is 0 Å². The van der Waals surface area contributed by atoms with E-state index in [2.05, 4.69) is 4.72 Å². The maximum Gasteiger partial charge on any atom is 0.244 e. The number of hydrogen-bond acceptors (Lipinski definition) is 5. The third-order valence-corrected chi connectivity index (χ3v) is 6.21. The first-order chi connectivity index (χ1) is 10.0. The van der Waals surface area contributed by atoms with Gasteiger partial charge < -0.3 is 9.47 Å². The summed E-state index contributed by atoms with van der Waals surface area (Å²) < 4.78 is 38.3. The highest BCUT2D eigenvalue weighted by molar-refractivity contribution is 7.99. The Balaban J connectivity index is 2.14. The second-order valence-electron chi connectivity index (χ2n) is 4.97. The first kappa shape index (κ1) is 16.6. The Bertz CT molecular complexity index is 568. The molecule has 0 saturated carbocycles. The molecule has 0 unspecified atom stereocenters. The minimum atomic E-state index is -3.61. The molecule has 5 nitrogen and oxygen atoms in total. The topological polar surface area (TPSA) is 64.6 Å². The normalized spacial score (nSPS) is 18.4. The van der Waals surface area contributed by atoms with Crippen LogP contribution in [-0.4, -0.2) is 46.3 Å². The van der Waals surface area contributed by atoms with Crippen molar-refractivity contribution < 1.29 is 17.9 Å². The van der Waals surface area contributed by atoms with Crippen LogP contribution in [0.5, 0.6) is 5.75 Å². The van der Waals surface area contributed by atoms with Gasteiger partial charge in [0.25, 0.3) is 0 Å². The largest absolute Gasteiger partial charge is 0.495 e. The van der Waals surface area contributed by atoms with Crippen molar-refractivity contribution in [3.05, 3.63) is 24.3 Å². The van der Waals surface area contributed by atoms with Crippen molar-refractivity contribution in [3.63, 3.8) is 0 Å². The predicted octanol–water partition coefficient (Wildman–Crippen LogP) is 1.89. The molecule has 2 rings (SSSR count). The van der Waals surface area contributed by atoms with E-state index >= 15 is 0 Å². The zero-order chi connectivity index (χ0) is 15.3. The molecule has 1 aliphatic heterocycles. The maximum atomic E-state index is 12.5. The third kappa shape index (κ3) is 3.91. The maximum absolute atomic E-state index is 12.5. The number of thioether (sulfide) groups is 1. The summed E-state index contributed by atoms with van der Waals surface area (Å²) in [6.07, 6.45) is 1.70. The van der Waals surface area contributed by atoms with Crippen LogP contribution in [-0.2, 0) is 14.8 Å². The summed E-state index contributed by atoms with van der Waals surface area (Å²) in [5, 5.41) is 0. The van der Waals surface area contributed by atoms with Gasteiger partial charge >= 0.3 is 0 Å². The Kier molecular flexibility index (Phi) is 5.54. The van der Waals surface area contributed by atoms with Crippen molar-refractivity contribution in [3.8, 4) is 5.75 Å². The summed E-state index contributed by atoms with van der Waals surface area (Å²) in [6.45, 7) is 0.282. The van der Waals surface area contributed by atoms with E-state index in [1.54, 1.807) is 25.3 Å². The number of sulfonamides is 1. The molecule has 0 aromatic heterocycles. The molecule has 0 aliphatic carbocycles. The molecule has 0 radical (unpaired) electrons. The van der Waals surface area contributed by atoms with Gasteiger partial charge in [0.05, 0.1) is 12.7 Å². The highest BCUT2D eigenvalue weighted by Crippen LogP contribution is 2.30. The quantitative estimate of drug-likeness (QED) is 0.862. The fourth-order valence-corrected chi connectivity index (χ4v) is 4.86. The molecule has 1 aromatic carbocycles. The molecule has 1 aliphatic rings. The van der Waals surface area contributed by atoms with Crippen LogP contribution >= 0.6 is 11.8 Å². The van der Waals surface area contributed by atoms with Crippen LogP contribution < -0.4 is 9.46 Å². The van der Waals surface area contributed by atoms with E-state index in [9.17, 15) is 8.42 Å². The highest BCUT2D eigenvalue weighted by Gasteiger charge is 2.34. The molecule has 1 heterocycles. The van der Waals surface area contributed by atoms with Crippen LogP contribution in [0.4, 0.5) is 0 Å². The van der Waals surface area contributed by atoms with Crippen molar-refractivity contribution in [2.75, 3.05) is 32.3 Å². The lowest BCUT2D eigenvalue weighted by atomic mass is 9.97. The number of hydrogen-bond donors (Lipinski definition) is 1. The minimum Gasteiger partial charge on any atom is -0.495 e. The van der Waals surface area contributed by atoms with E-state index in [0.717, 1.165) is 24.3 Å². The SMILES string of the molecule is COc1ccccc1S(=O)(=O)NCC1(OC)CCSCC1. The Labute approximate surface area is 130 Å². The van der Waals surface area contributed by atoms with E-state index < -0.39 is 15.6 Å². The summed E-state index contributed by atoms with van der Waals surface area (Å²) in [5.41, 5.74) is -0.402. The standard InChI is InChI=1S/C14H21NO4S2/c1-18-12-5-3-4-6-13(12)21(16,17)15-11-14(19-2)7-9-20-10-8-14/h3-6,15H,7-11H2,1-2H3. The first-order valence-electron chi connectivity index (χ1n) is 6.79. The fourth-order valence-electron chi connectivity index (χ4n) is 2.34. The molecular formula is C14H21NO4S2. The second-order valence-corrected chi connectivity index (χ2v) is 7.94. The summed E-state index contributed by atoms with van der Waals surface area (Å²) in [5.74, 6) is 2.32. The molecule has 0 spiro atoms. The molecule has 0 amide bonds. The Morgan fingerprint density at radius 3 is 2.52 bits per heavy atom. The first-order valence-corrected chi connectivity index (χ1v) is 9.42. The summed E-state index contributed by atoms with van der Waals surface area (Å²) in [6, 6.07) is 6.60. The lowest BCUT2D eigenvalue weighted by Gasteiger charge is -2.35. The number of rotatable bonds is 6. The van der Waals surface area contributed by atoms with Crippen molar-refractivity contribution in [1.82, 2.24) is 4.72 Å². The minimum absolute atomic E-state index is 0.156. The van der Waals surface area contributed by atoms with Gasteiger partial charge in [-0.3, -0.25) is 0 Å². The monoisotopic (exact) mass is 331 g/mol. The molecule has 1 N–H and O–H groups in total. The Morgan fingerprint density at radius 2 is 1.90 bits per heavy atom. The van der Waals surface area contributed by atoms with Crippen LogP contribution in [0.15, 0.2) is 29.2 Å². The zero-order valence-corrected chi connectivity index (χ0v) is 13.9. The molecule has 21 heavy (non-hydrogen) atoms. The van der Waals surface area contributed by atoms with Gasteiger partial charge in [-0.1, -0.05) is 12.1 Å². The molecule has 1 aromatic rings. The zero-order valence-electron chi connectivity index (χ0n) is 12.3. The predicted molar refractivity (Wildman–Crippen MR) is 84.5 cm³/mol. The van der Waals surface area contributed by atoms with Gasteiger partial charge in [-0.2, -0.15) is 11.8 Å². The number of methoxy groups -OCH3 is 2. The van der Waals surface area contributed by atoms with E-state index in [0.29, 0.717) is 5.75 Å². The molecular weight excluding hydrogens is 310 g/mol. The van der Waals surface area contributed by atoms with E-state index in [1.807, 2.05) is 11.8 Å². The van der Waals surface area contributed by atoms with Crippen LogP contribution in [0, 0.1) is 0 Å². The molecule has 0 atom stereocenters. The van der Waals surface area contributed by atoms with Crippen molar-refractivity contribution in [1.29, 1.82) is 0 Å². The van der Waals surface area contributed by atoms with Gasteiger partial charge in [-0.15, -0.1) is 0 Å². The fraction of sp³-hybridized carbons (Fsp3) is 0.571. The lowest BCUT2D eigenvalue weighted by molar-refractivity contribution is -0.0119. The number of benzene rings is 1. The molecule has 7 heteroatoms. The average molecular weight is 331 g/mol. The third-order valence-electron chi connectivity index (χ3n) is 3.78. The summed E-state index contributed by atoms with van der Waals surface area (Å²) in [4.78, 5) is 0.156. The van der Waals surface area contributed by atoms with Gasteiger partial charge in [0.1, 0.15) is 10.6 Å². The van der Waals surface area contributed by atoms with E-state index in [-0.39, 0.29) is 11.4 Å². The summed E-state index contributed by atoms with van der Waals surface area (Å²) >= 11 is 1.87. The molecule has 118 valence electrons. The second kappa shape index (κ2) is 7.00. The van der Waals surface area contributed by atoms with E-state index in [1.165, 1.54) is 13.2 Å². The molecule has 0 bridgehead atoms. The Hall–Kier alpha value is -0.760. The highest BCUT2D eigenvalue weighted by atomic mass is 32.2. The van der Waals surface area contributed by atoms with Crippen LogP contribution in [0.25, 0.3) is 0 Å². The number of nitrogens with one attached hydrogen (secondary N) is 1. The molecule has 1 fully saturated rings.